The number of ether oxygens (including phenoxy) is 4. The summed E-state index contributed by atoms with van der Waals surface area (Å²) in [6.07, 6.45) is 3.49. The molecule has 0 unspecified atom stereocenters. The van der Waals surface area contributed by atoms with Crippen LogP contribution in [0, 0.1) is 0 Å². The molecule has 164 valence electrons. The fourth-order valence-electron chi connectivity index (χ4n) is 3.00. The zero-order valence-electron chi connectivity index (χ0n) is 17.1. The Morgan fingerprint density at radius 1 is 0.935 bits per heavy atom. The molecule has 3 heterocycles. The number of hydrogen-bond donors (Lipinski definition) is 0. The summed E-state index contributed by atoms with van der Waals surface area (Å²) in [6.45, 7) is 3.71. The van der Waals surface area contributed by atoms with Gasteiger partial charge in [0.25, 0.3) is 0 Å². The third-order valence-corrected chi connectivity index (χ3v) is 5.31. The van der Waals surface area contributed by atoms with E-state index < -0.39 is 41.7 Å². The lowest BCUT2D eigenvalue weighted by atomic mass is 10.1. The molecular weight excluding hydrogens is 426 g/mol. The zero-order valence-corrected chi connectivity index (χ0v) is 17.9. The quantitative estimate of drug-likeness (QED) is 0.475. The van der Waals surface area contributed by atoms with Crippen LogP contribution in [0.5, 0.6) is 5.75 Å². The minimum Gasteiger partial charge on any atom is -0.474 e. The standard InChI is InChI=1S/C20H21N3O7S/c1-11(24)27-16-10-31-20(18(29-13(3)26)17(16)28-12(2)25)30-15-7-14(8-21-9-15)19-22-5-4-6-23-19/h4-9,16-18,20H,10H2,1-3H3/t16-,17+,18-,20+/m1/s1. The van der Waals surface area contributed by atoms with E-state index >= 15 is 0 Å². The van der Waals surface area contributed by atoms with Crippen molar-refractivity contribution >= 4 is 29.7 Å². The first-order valence-electron chi connectivity index (χ1n) is 9.36. The Balaban J connectivity index is 1.86. The molecule has 4 atom stereocenters. The van der Waals surface area contributed by atoms with E-state index in [9.17, 15) is 14.4 Å². The van der Waals surface area contributed by atoms with E-state index in [2.05, 4.69) is 15.0 Å². The van der Waals surface area contributed by atoms with Crippen LogP contribution in [0.15, 0.2) is 36.9 Å². The van der Waals surface area contributed by atoms with Crippen LogP contribution >= 0.6 is 11.8 Å². The molecule has 0 N–H and O–H groups in total. The SMILES string of the molecule is CC(=O)O[C@@H]1[C@@H](OC(C)=O)[C@@H](Oc2cncc(-c3ncccn3)c2)SC[C@H]1OC(C)=O. The van der Waals surface area contributed by atoms with Crippen LogP contribution in [0.2, 0.25) is 0 Å². The molecule has 0 aliphatic carbocycles. The topological polar surface area (TPSA) is 127 Å². The summed E-state index contributed by atoms with van der Waals surface area (Å²) in [6, 6.07) is 3.40. The molecule has 31 heavy (non-hydrogen) atoms. The minimum atomic E-state index is -1.02. The lowest BCUT2D eigenvalue weighted by Gasteiger charge is -2.39. The van der Waals surface area contributed by atoms with E-state index in [0.717, 1.165) is 0 Å². The van der Waals surface area contributed by atoms with E-state index in [0.29, 0.717) is 17.1 Å². The second-order valence-corrected chi connectivity index (χ2v) is 7.73. The van der Waals surface area contributed by atoms with Crippen molar-refractivity contribution in [3.8, 4) is 17.1 Å². The first-order chi connectivity index (χ1) is 14.8. The third-order valence-electron chi connectivity index (χ3n) is 4.09. The molecule has 0 amide bonds. The van der Waals surface area contributed by atoms with Crippen LogP contribution in [0.3, 0.4) is 0 Å². The molecule has 1 aliphatic rings. The fourth-order valence-corrected chi connectivity index (χ4v) is 4.21. The zero-order chi connectivity index (χ0) is 22.4. The van der Waals surface area contributed by atoms with Gasteiger partial charge in [0.2, 0.25) is 0 Å². The van der Waals surface area contributed by atoms with Crippen LogP contribution in [0.4, 0.5) is 0 Å². The second-order valence-electron chi connectivity index (χ2n) is 6.60. The van der Waals surface area contributed by atoms with Gasteiger partial charge in [0.05, 0.1) is 6.20 Å². The number of nitrogens with zero attached hydrogens (tertiary/aromatic N) is 3. The van der Waals surface area contributed by atoms with Crippen LogP contribution in [-0.4, -0.2) is 62.4 Å². The smallest absolute Gasteiger partial charge is 0.303 e. The number of aromatic nitrogens is 3. The minimum absolute atomic E-state index is 0.273. The number of carbonyl (C=O) groups excluding carboxylic acids is 3. The Bertz CT molecular complexity index is 943. The van der Waals surface area contributed by atoms with E-state index in [1.807, 2.05) is 0 Å². The van der Waals surface area contributed by atoms with Gasteiger partial charge in [-0.2, -0.15) is 0 Å². The molecule has 1 fully saturated rings. The van der Waals surface area contributed by atoms with Gasteiger partial charge in [-0.3, -0.25) is 19.4 Å². The predicted molar refractivity (Wildman–Crippen MR) is 109 cm³/mol. The van der Waals surface area contributed by atoms with Crippen molar-refractivity contribution in [2.75, 3.05) is 5.75 Å². The lowest BCUT2D eigenvalue weighted by molar-refractivity contribution is -0.186. The van der Waals surface area contributed by atoms with E-state index in [1.165, 1.54) is 38.7 Å². The number of pyridine rings is 1. The second kappa shape index (κ2) is 10.2. The largest absolute Gasteiger partial charge is 0.474 e. The number of thioether (sulfide) groups is 1. The number of esters is 3. The fraction of sp³-hybridized carbons (Fsp3) is 0.400. The summed E-state index contributed by atoms with van der Waals surface area (Å²) in [5, 5.41) is 0. The van der Waals surface area contributed by atoms with Gasteiger partial charge < -0.3 is 18.9 Å². The molecule has 1 aliphatic heterocycles. The highest BCUT2D eigenvalue weighted by Crippen LogP contribution is 2.34. The molecule has 0 aromatic carbocycles. The monoisotopic (exact) mass is 447 g/mol. The average Bonchev–Trinajstić information content (AvgIpc) is 2.72. The van der Waals surface area contributed by atoms with E-state index in [1.54, 1.807) is 30.7 Å². The third kappa shape index (κ3) is 6.14. The van der Waals surface area contributed by atoms with Crippen molar-refractivity contribution < 1.29 is 33.3 Å². The van der Waals surface area contributed by atoms with Crippen LogP contribution < -0.4 is 4.74 Å². The molecule has 0 saturated carbocycles. The Kier molecular flexibility index (Phi) is 7.40. The van der Waals surface area contributed by atoms with Gasteiger partial charge in [-0.25, -0.2) is 9.97 Å². The maximum atomic E-state index is 11.7. The summed E-state index contributed by atoms with van der Waals surface area (Å²) in [5.41, 5.74) is -0.105. The maximum absolute atomic E-state index is 11.7. The average molecular weight is 447 g/mol. The number of rotatable bonds is 6. The Labute approximate surface area is 182 Å². The normalized spacial score (nSPS) is 22.8. The van der Waals surface area contributed by atoms with Gasteiger partial charge in [-0.1, -0.05) is 0 Å². The van der Waals surface area contributed by atoms with Gasteiger partial charge >= 0.3 is 17.9 Å². The maximum Gasteiger partial charge on any atom is 0.303 e. The lowest BCUT2D eigenvalue weighted by Crippen LogP contribution is -2.55. The summed E-state index contributed by atoms with van der Waals surface area (Å²) in [7, 11) is 0. The van der Waals surface area contributed by atoms with Crippen molar-refractivity contribution in [2.45, 2.75) is 44.5 Å². The highest BCUT2D eigenvalue weighted by Gasteiger charge is 2.47. The van der Waals surface area contributed by atoms with Gasteiger partial charge in [-0.15, -0.1) is 11.8 Å². The van der Waals surface area contributed by atoms with Gasteiger partial charge in [0.1, 0.15) is 5.75 Å². The van der Waals surface area contributed by atoms with Crippen LogP contribution in [0.25, 0.3) is 11.4 Å². The molecule has 0 radical (unpaired) electrons. The molecule has 0 bridgehead atoms. The Morgan fingerprint density at radius 3 is 2.23 bits per heavy atom. The molecular formula is C20H21N3O7S. The van der Waals surface area contributed by atoms with Crippen LogP contribution in [0.1, 0.15) is 20.8 Å². The predicted octanol–water partition coefficient (Wildman–Crippen LogP) is 1.79. The van der Waals surface area contributed by atoms with Crippen molar-refractivity contribution in [1.29, 1.82) is 0 Å². The number of hydrogen-bond acceptors (Lipinski definition) is 11. The Morgan fingerprint density at radius 2 is 1.58 bits per heavy atom. The van der Waals surface area contributed by atoms with Crippen molar-refractivity contribution in [1.82, 2.24) is 15.0 Å². The highest BCUT2D eigenvalue weighted by molar-refractivity contribution is 7.99. The van der Waals surface area contributed by atoms with E-state index in [-0.39, 0.29) is 5.75 Å². The molecule has 2 aromatic heterocycles. The molecule has 10 nitrogen and oxygen atoms in total. The first-order valence-corrected chi connectivity index (χ1v) is 10.4. The van der Waals surface area contributed by atoms with Crippen molar-refractivity contribution in [3.63, 3.8) is 0 Å². The molecule has 11 heteroatoms. The summed E-state index contributed by atoms with van der Waals surface area (Å²) in [4.78, 5) is 47.4. The van der Waals surface area contributed by atoms with Crippen molar-refractivity contribution in [2.24, 2.45) is 0 Å². The van der Waals surface area contributed by atoms with Crippen LogP contribution in [-0.2, 0) is 28.6 Å². The highest BCUT2D eigenvalue weighted by atomic mass is 32.2. The van der Waals surface area contributed by atoms with E-state index in [4.69, 9.17) is 18.9 Å². The van der Waals surface area contributed by atoms with Gasteiger partial charge in [-0.05, 0) is 12.1 Å². The molecule has 1 saturated heterocycles. The number of carbonyl (C=O) groups is 3. The summed E-state index contributed by atoms with van der Waals surface area (Å²) < 4.78 is 22.1. The van der Waals surface area contributed by atoms with Crippen molar-refractivity contribution in [3.05, 3.63) is 36.9 Å². The molecule has 0 spiro atoms. The Hall–Kier alpha value is -3.21. The molecule has 2 aromatic rings. The first kappa shape index (κ1) is 22.5. The summed E-state index contributed by atoms with van der Waals surface area (Å²) in [5.74, 6) is -0.606. The molecule has 3 rings (SSSR count). The van der Waals surface area contributed by atoms with Gasteiger partial charge in [0.15, 0.2) is 29.6 Å². The summed E-state index contributed by atoms with van der Waals surface area (Å²) >= 11 is 1.26. The van der Waals surface area contributed by atoms with Gasteiger partial charge in [0, 0.05) is 50.7 Å².